The minimum Gasteiger partial charge on any atom is -0.347 e. The fourth-order valence-electron chi connectivity index (χ4n) is 3.02. The molecular weight excluding hydrogens is 380 g/mol. The summed E-state index contributed by atoms with van der Waals surface area (Å²) in [7, 11) is -3.51. The molecule has 150 valence electrons. The molecule has 0 atom stereocenters. The Kier molecular flexibility index (Phi) is 6.25. The second-order valence-electron chi connectivity index (χ2n) is 6.88. The molecular formula is C19H24N4O4S. The largest absolute Gasteiger partial charge is 0.347 e. The van der Waals surface area contributed by atoms with E-state index in [2.05, 4.69) is 15.5 Å². The van der Waals surface area contributed by atoms with Crippen LogP contribution in [0.25, 0.3) is 6.08 Å². The van der Waals surface area contributed by atoms with E-state index >= 15 is 0 Å². The van der Waals surface area contributed by atoms with Crippen molar-refractivity contribution in [3.05, 3.63) is 52.5 Å². The maximum Gasteiger partial charge on any atom is 0.246 e. The summed E-state index contributed by atoms with van der Waals surface area (Å²) in [6, 6.07) is 7.63. The zero-order valence-electron chi connectivity index (χ0n) is 16.0. The lowest BCUT2D eigenvalue weighted by molar-refractivity contribution is -0.126. The molecule has 0 spiro atoms. The summed E-state index contributed by atoms with van der Waals surface area (Å²) in [5.74, 6) is 0.521. The molecule has 0 radical (unpaired) electrons. The zero-order chi connectivity index (χ0) is 20.1. The van der Waals surface area contributed by atoms with Crippen molar-refractivity contribution in [3.63, 3.8) is 0 Å². The summed E-state index contributed by atoms with van der Waals surface area (Å²) in [5.41, 5.74) is 1.95. The number of aryl methyl sites for hydroxylation is 2. The molecule has 1 aromatic heterocycles. The Morgan fingerprint density at radius 3 is 2.54 bits per heavy atom. The first-order chi connectivity index (χ1) is 13.3. The molecule has 3 rings (SSSR count). The zero-order valence-corrected chi connectivity index (χ0v) is 16.8. The van der Waals surface area contributed by atoms with Gasteiger partial charge in [-0.15, -0.1) is 0 Å². The summed E-state index contributed by atoms with van der Waals surface area (Å²) in [6.45, 7) is 4.50. The number of sulfonamides is 1. The highest BCUT2D eigenvalue weighted by atomic mass is 32.2. The second kappa shape index (κ2) is 8.66. The van der Waals surface area contributed by atoms with Crippen LogP contribution in [-0.2, 0) is 21.4 Å². The van der Waals surface area contributed by atoms with Crippen LogP contribution in [0.1, 0.15) is 35.7 Å². The SMILES string of the molecule is Cc1ccc(/C=C/S(=O)(=O)N2CCC(C(=O)NCc3nc(C)no3)CC2)cc1. The molecule has 2 heterocycles. The van der Waals surface area contributed by atoms with E-state index < -0.39 is 10.0 Å². The van der Waals surface area contributed by atoms with Gasteiger partial charge in [0, 0.05) is 24.4 Å². The lowest BCUT2D eigenvalue weighted by atomic mass is 9.97. The average Bonchev–Trinajstić information content (AvgIpc) is 3.11. The summed E-state index contributed by atoms with van der Waals surface area (Å²) in [4.78, 5) is 16.3. The van der Waals surface area contributed by atoms with Crippen molar-refractivity contribution in [2.24, 2.45) is 5.92 Å². The van der Waals surface area contributed by atoms with E-state index in [1.807, 2.05) is 31.2 Å². The molecule has 1 fully saturated rings. The topological polar surface area (TPSA) is 105 Å². The van der Waals surface area contributed by atoms with Crippen LogP contribution in [0.4, 0.5) is 0 Å². The van der Waals surface area contributed by atoms with Crippen LogP contribution in [-0.4, -0.2) is 41.9 Å². The van der Waals surface area contributed by atoms with Gasteiger partial charge in [0.2, 0.25) is 21.8 Å². The summed E-state index contributed by atoms with van der Waals surface area (Å²) in [6.07, 6.45) is 2.55. The van der Waals surface area contributed by atoms with Crippen molar-refractivity contribution < 1.29 is 17.7 Å². The molecule has 0 saturated carbocycles. The van der Waals surface area contributed by atoms with Crippen molar-refractivity contribution >= 4 is 22.0 Å². The van der Waals surface area contributed by atoms with E-state index in [4.69, 9.17) is 4.52 Å². The summed E-state index contributed by atoms with van der Waals surface area (Å²) in [5, 5.41) is 7.67. The van der Waals surface area contributed by atoms with Gasteiger partial charge >= 0.3 is 0 Å². The lowest BCUT2D eigenvalue weighted by Gasteiger charge is -2.29. The predicted molar refractivity (Wildman–Crippen MR) is 104 cm³/mol. The second-order valence-corrected chi connectivity index (χ2v) is 8.70. The first-order valence-electron chi connectivity index (χ1n) is 9.15. The molecule has 1 N–H and O–H groups in total. The van der Waals surface area contributed by atoms with E-state index in [9.17, 15) is 13.2 Å². The maximum absolute atomic E-state index is 12.5. The Labute approximate surface area is 164 Å². The Bertz CT molecular complexity index is 943. The highest BCUT2D eigenvalue weighted by Gasteiger charge is 2.30. The minimum atomic E-state index is -3.51. The third-order valence-electron chi connectivity index (χ3n) is 4.68. The van der Waals surface area contributed by atoms with Crippen LogP contribution in [0.15, 0.2) is 34.2 Å². The molecule has 1 saturated heterocycles. The molecule has 28 heavy (non-hydrogen) atoms. The molecule has 0 unspecified atom stereocenters. The third kappa shape index (κ3) is 5.26. The summed E-state index contributed by atoms with van der Waals surface area (Å²) < 4.78 is 31.4. The number of piperidine rings is 1. The molecule has 2 aromatic rings. The van der Waals surface area contributed by atoms with Crippen molar-refractivity contribution in [3.8, 4) is 0 Å². The van der Waals surface area contributed by atoms with Gasteiger partial charge in [-0.25, -0.2) is 8.42 Å². The van der Waals surface area contributed by atoms with Crippen molar-refractivity contribution in [1.29, 1.82) is 0 Å². The average molecular weight is 404 g/mol. The fraction of sp³-hybridized carbons (Fsp3) is 0.421. The normalized spacial score (nSPS) is 16.5. The monoisotopic (exact) mass is 404 g/mol. The van der Waals surface area contributed by atoms with Gasteiger partial charge < -0.3 is 9.84 Å². The van der Waals surface area contributed by atoms with Gasteiger partial charge in [0.1, 0.15) is 0 Å². The van der Waals surface area contributed by atoms with Gasteiger partial charge in [0.15, 0.2) is 5.82 Å². The number of nitrogens with zero attached hydrogens (tertiary/aromatic N) is 3. The highest BCUT2D eigenvalue weighted by Crippen LogP contribution is 2.21. The Morgan fingerprint density at radius 1 is 1.25 bits per heavy atom. The molecule has 1 aromatic carbocycles. The van der Waals surface area contributed by atoms with Crippen LogP contribution < -0.4 is 5.32 Å². The van der Waals surface area contributed by atoms with Crippen molar-refractivity contribution in [1.82, 2.24) is 19.8 Å². The number of amides is 1. The van der Waals surface area contributed by atoms with E-state index in [-0.39, 0.29) is 18.4 Å². The first-order valence-corrected chi connectivity index (χ1v) is 10.7. The number of carbonyl (C=O) groups excluding carboxylic acids is 1. The fourth-order valence-corrected chi connectivity index (χ4v) is 4.24. The molecule has 8 nitrogen and oxygen atoms in total. The van der Waals surface area contributed by atoms with Gasteiger partial charge in [-0.3, -0.25) is 4.79 Å². The van der Waals surface area contributed by atoms with Crippen LogP contribution in [0.2, 0.25) is 0 Å². The highest BCUT2D eigenvalue weighted by molar-refractivity contribution is 7.92. The minimum absolute atomic E-state index is 0.122. The van der Waals surface area contributed by atoms with E-state index in [1.165, 1.54) is 9.71 Å². The molecule has 1 amide bonds. The van der Waals surface area contributed by atoms with E-state index in [1.54, 1.807) is 13.0 Å². The van der Waals surface area contributed by atoms with E-state index in [0.29, 0.717) is 37.6 Å². The number of carbonyl (C=O) groups is 1. The quantitative estimate of drug-likeness (QED) is 0.790. The van der Waals surface area contributed by atoms with Crippen LogP contribution >= 0.6 is 0 Å². The summed E-state index contributed by atoms with van der Waals surface area (Å²) >= 11 is 0. The van der Waals surface area contributed by atoms with Gasteiger partial charge in [-0.2, -0.15) is 9.29 Å². The van der Waals surface area contributed by atoms with Crippen molar-refractivity contribution in [2.45, 2.75) is 33.2 Å². The van der Waals surface area contributed by atoms with E-state index in [0.717, 1.165) is 11.1 Å². The van der Waals surface area contributed by atoms with Crippen LogP contribution in [0.3, 0.4) is 0 Å². The predicted octanol–water partition coefficient (Wildman–Crippen LogP) is 2.02. The first kappa shape index (κ1) is 20.2. The van der Waals surface area contributed by atoms with Crippen molar-refractivity contribution in [2.75, 3.05) is 13.1 Å². The van der Waals surface area contributed by atoms with Crippen LogP contribution in [0, 0.1) is 19.8 Å². The standard InChI is InChI=1S/C19H24N4O4S/c1-14-3-5-16(6-4-14)9-12-28(25,26)23-10-7-17(8-11-23)19(24)20-13-18-21-15(2)22-27-18/h3-6,9,12,17H,7-8,10-11,13H2,1-2H3,(H,20,24)/b12-9+. The lowest BCUT2D eigenvalue weighted by Crippen LogP contribution is -2.42. The Hall–Kier alpha value is -2.52. The molecule has 0 bridgehead atoms. The Morgan fingerprint density at radius 2 is 1.93 bits per heavy atom. The maximum atomic E-state index is 12.5. The van der Waals surface area contributed by atoms with Gasteiger partial charge in [-0.05, 0) is 38.3 Å². The Balaban J connectivity index is 1.50. The number of rotatable bonds is 6. The smallest absolute Gasteiger partial charge is 0.246 e. The van der Waals surface area contributed by atoms with Gasteiger partial charge in [-0.1, -0.05) is 35.0 Å². The number of nitrogens with one attached hydrogen (secondary N) is 1. The van der Waals surface area contributed by atoms with Gasteiger partial charge in [0.05, 0.1) is 6.54 Å². The third-order valence-corrected chi connectivity index (χ3v) is 6.24. The molecule has 9 heteroatoms. The number of aromatic nitrogens is 2. The number of hydrogen-bond acceptors (Lipinski definition) is 6. The number of hydrogen-bond donors (Lipinski definition) is 1. The molecule has 1 aliphatic heterocycles. The number of benzene rings is 1. The van der Waals surface area contributed by atoms with Crippen LogP contribution in [0.5, 0.6) is 0 Å². The molecule has 0 aliphatic carbocycles. The van der Waals surface area contributed by atoms with Gasteiger partial charge in [0.25, 0.3) is 0 Å². The molecule has 1 aliphatic rings.